The second-order valence-electron chi connectivity index (χ2n) is 4.55. The van der Waals surface area contributed by atoms with Gasteiger partial charge in [-0.25, -0.2) is 8.42 Å². The number of sulfone groups is 1. The Balaban J connectivity index is 2.05. The summed E-state index contributed by atoms with van der Waals surface area (Å²) in [4.78, 5) is 0. The molecule has 4 heteroatoms. The predicted molar refractivity (Wildman–Crippen MR) is 59.1 cm³/mol. The van der Waals surface area contributed by atoms with Crippen molar-refractivity contribution in [2.75, 3.05) is 18.6 Å². The summed E-state index contributed by atoms with van der Waals surface area (Å²) < 4.78 is 21.7. The van der Waals surface area contributed by atoms with Gasteiger partial charge in [0.2, 0.25) is 0 Å². The lowest BCUT2D eigenvalue weighted by atomic mass is 10.1. The van der Waals surface area contributed by atoms with Crippen LogP contribution in [-0.2, 0) is 9.84 Å². The average molecular weight is 219 g/mol. The van der Waals surface area contributed by atoms with Gasteiger partial charge < -0.3 is 5.32 Å². The van der Waals surface area contributed by atoms with Crippen LogP contribution in [0.2, 0.25) is 0 Å². The molecule has 0 bridgehead atoms. The first-order chi connectivity index (χ1) is 6.47. The Morgan fingerprint density at radius 2 is 2.07 bits per heavy atom. The molecular weight excluding hydrogens is 198 g/mol. The minimum absolute atomic E-state index is 0.308. The van der Waals surface area contributed by atoms with Gasteiger partial charge >= 0.3 is 0 Å². The monoisotopic (exact) mass is 219 g/mol. The minimum Gasteiger partial charge on any atom is -0.314 e. The van der Waals surface area contributed by atoms with Gasteiger partial charge in [0, 0.05) is 12.3 Å². The summed E-state index contributed by atoms with van der Waals surface area (Å²) >= 11 is 0. The van der Waals surface area contributed by atoms with E-state index in [2.05, 4.69) is 12.2 Å². The molecule has 1 saturated carbocycles. The maximum Gasteiger partial charge on any atom is 0.147 e. The van der Waals surface area contributed by atoms with E-state index in [9.17, 15) is 8.42 Å². The molecule has 0 aromatic heterocycles. The van der Waals surface area contributed by atoms with Crippen LogP contribution in [0.5, 0.6) is 0 Å². The van der Waals surface area contributed by atoms with Crippen LogP contribution in [0.15, 0.2) is 0 Å². The van der Waals surface area contributed by atoms with Crippen LogP contribution < -0.4 is 5.32 Å². The molecule has 0 aromatic carbocycles. The van der Waals surface area contributed by atoms with E-state index in [0.29, 0.717) is 11.8 Å². The molecule has 14 heavy (non-hydrogen) atoms. The highest BCUT2D eigenvalue weighted by Gasteiger charge is 2.20. The van der Waals surface area contributed by atoms with E-state index in [0.717, 1.165) is 18.9 Å². The first kappa shape index (κ1) is 12.0. The molecule has 1 N–H and O–H groups in total. The zero-order chi connectivity index (χ0) is 10.6. The van der Waals surface area contributed by atoms with Crippen molar-refractivity contribution in [3.63, 3.8) is 0 Å². The van der Waals surface area contributed by atoms with E-state index in [-0.39, 0.29) is 0 Å². The predicted octanol–water partition coefficient (Wildman–Crippen LogP) is 1.20. The summed E-state index contributed by atoms with van der Waals surface area (Å²) in [7, 11) is -2.77. The van der Waals surface area contributed by atoms with Crippen LogP contribution in [-0.4, -0.2) is 33.0 Å². The molecule has 1 aliphatic carbocycles. The van der Waals surface area contributed by atoms with Gasteiger partial charge in [0.1, 0.15) is 9.84 Å². The highest BCUT2D eigenvalue weighted by molar-refractivity contribution is 7.90. The van der Waals surface area contributed by atoms with E-state index in [4.69, 9.17) is 0 Å². The van der Waals surface area contributed by atoms with Crippen molar-refractivity contribution >= 4 is 9.84 Å². The molecule has 0 aliphatic heterocycles. The molecule has 2 atom stereocenters. The van der Waals surface area contributed by atoms with Gasteiger partial charge in [-0.3, -0.25) is 0 Å². The number of nitrogens with one attached hydrogen (secondary N) is 1. The first-order valence-electron chi connectivity index (χ1n) is 5.38. The van der Waals surface area contributed by atoms with Crippen molar-refractivity contribution in [1.82, 2.24) is 5.32 Å². The summed E-state index contributed by atoms with van der Waals surface area (Å²) in [5, 5.41) is 3.42. The fraction of sp³-hybridized carbons (Fsp3) is 1.00. The molecule has 0 amide bonds. The number of rotatable bonds is 5. The van der Waals surface area contributed by atoms with Gasteiger partial charge in [0.05, 0.1) is 5.75 Å². The first-order valence-corrected chi connectivity index (χ1v) is 7.44. The fourth-order valence-electron chi connectivity index (χ4n) is 2.03. The Labute approximate surface area is 87.2 Å². The smallest absolute Gasteiger partial charge is 0.147 e. The molecule has 1 aliphatic rings. The third-order valence-electron chi connectivity index (χ3n) is 2.82. The van der Waals surface area contributed by atoms with E-state index < -0.39 is 9.84 Å². The van der Waals surface area contributed by atoms with Crippen LogP contribution in [0.3, 0.4) is 0 Å². The van der Waals surface area contributed by atoms with Gasteiger partial charge in [-0.1, -0.05) is 6.92 Å². The topological polar surface area (TPSA) is 46.2 Å². The maximum atomic E-state index is 10.9. The lowest BCUT2D eigenvalue weighted by molar-refractivity contribution is 0.501. The number of hydrogen-bond acceptors (Lipinski definition) is 3. The SMILES string of the molecule is CC1CCC(NCCCS(C)(=O)=O)C1. The van der Waals surface area contributed by atoms with E-state index in [1.807, 2.05) is 0 Å². The Hall–Kier alpha value is -0.0900. The standard InChI is InChI=1S/C10H21NO2S/c1-9-4-5-10(8-9)11-6-3-7-14(2,12)13/h9-11H,3-8H2,1-2H3. The average Bonchev–Trinajstić information content (AvgIpc) is 2.44. The molecule has 3 nitrogen and oxygen atoms in total. The third-order valence-corrected chi connectivity index (χ3v) is 3.85. The molecule has 0 saturated heterocycles. The highest BCUT2D eigenvalue weighted by Crippen LogP contribution is 2.24. The Bertz CT molecular complexity index is 261. The fourth-order valence-corrected chi connectivity index (χ4v) is 2.70. The summed E-state index contributed by atoms with van der Waals surface area (Å²) in [5.74, 6) is 1.14. The molecule has 84 valence electrons. The van der Waals surface area contributed by atoms with E-state index in [1.165, 1.54) is 25.5 Å². The van der Waals surface area contributed by atoms with Crippen molar-refractivity contribution in [2.24, 2.45) is 5.92 Å². The quantitative estimate of drug-likeness (QED) is 0.707. The minimum atomic E-state index is -2.77. The van der Waals surface area contributed by atoms with Crippen LogP contribution in [0.4, 0.5) is 0 Å². The molecular formula is C10H21NO2S. The second-order valence-corrected chi connectivity index (χ2v) is 6.81. The Morgan fingerprint density at radius 1 is 1.36 bits per heavy atom. The van der Waals surface area contributed by atoms with Gasteiger partial charge in [0.15, 0.2) is 0 Å². The van der Waals surface area contributed by atoms with Crippen molar-refractivity contribution in [2.45, 2.75) is 38.6 Å². The summed E-state index contributed by atoms with van der Waals surface area (Å²) in [5.41, 5.74) is 0. The number of hydrogen-bond donors (Lipinski definition) is 1. The largest absolute Gasteiger partial charge is 0.314 e. The molecule has 0 radical (unpaired) electrons. The Morgan fingerprint density at radius 3 is 2.57 bits per heavy atom. The summed E-state index contributed by atoms with van der Waals surface area (Å²) in [6.07, 6.45) is 5.84. The van der Waals surface area contributed by atoms with Crippen LogP contribution in [0, 0.1) is 5.92 Å². The van der Waals surface area contributed by atoms with E-state index in [1.54, 1.807) is 0 Å². The molecule has 0 spiro atoms. The van der Waals surface area contributed by atoms with Gasteiger partial charge in [-0.05, 0) is 38.1 Å². The lowest BCUT2D eigenvalue weighted by Gasteiger charge is -2.11. The van der Waals surface area contributed by atoms with Gasteiger partial charge in [-0.2, -0.15) is 0 Å². The van der Waals surface area contributed by atoms with Crippen LogP contribution >= 0.6 is 0 Å². The summed E-state index contributed by atoms with van der Waals surface area (Å²) in [6.45, 7) is 3.11. The van der Waals surface area contributed by atoms with Crippen LogP contribution in [0.25, 0.3) is 0 Å². The lowest BCUT2D eigenvalue weighted by Crippen LogP contribution is -2.28. The Kier molecular flexibility index (Phi) is 4.38. The zero-order valence-electron chi connectivity index (χ0n) is 9.12. The van der Waals surface area contributed by atoms with Crippen molar-refractivity contribution in [3.8, 4) is 0 Å². The van der Waals surface area contributed by atoms with Crippen molar-refractivity contribution < 1.29 is 8.42 Å². The van der Waals surface area contributed by atoms with E-state index >= 15 is 0 Å². The normalized spacial score (nSPS) is 28.1. The van der Waals surface area contributed by atoms with Gasteiger partial charge in [-0.15, -0.1) is 0 Å². The third kappa shape index (κ3) is 4.96. The van der Waals surface area contributed by atoms with Crippen molar-refractivity contribution in [3.05, 3.63) is 0 Å². The highest BCUT2D eigenvalue weighted by atomic mass is 32.2. The molecule has 1 rings (SSSR count). The second kappa shape index (κ2) is 5.12. The van der Waals surface area contributed by atoms with Crippen LogP contribution in [0.1, 0.15) is 32.6 Å². The molecule has 0 aromatic rings. The zero-order valence-corrected chi connectivity index (χ0v) is 9.94. The summed E-state index contributed by atoms with van der Waals surface area (Å²) in [6, 6.07) is 0.629. The molecule has 2 unspecified atom stereocenters. The van der Waals surface area contributed by atoms with Crippen molar-refractivity contribution in [1.29, 1.82) is 0 Å². The molecule has 1 fully saturated rings. The van der Waals surface area contributed by atoms with Gasteiger partial charge in [0.25, 0.3) is 0 Å². The maximum absolute atomic E-state index is 10.9. The molecule has 0 heterocycles.